The highest BCUT2D eigenvalue weighted by Gasteiger charge is 2.36. The van der Waals surface area contributed by atoms with E-state index in [0.29, 0.717) is 22.6 Å². The quantitative estimate of drug-likeness (QED) is 0.195. The number of anilines is 1. The van der Waals surface area contributed by atoms with E-state index in [1.54, 1.807) is 36.4 Å². The minimum Gasteiger partial charge on any atom is -0.493 e. The van der Waals surface area contributed by atoms with Gasteiger partial charge in [0.05, 0.1) is 35.8 Å². The van der Waals surface area contributed by atoms with Gasteiger partial charge in [0.15, 0.2) is 11.5 Å². The normalized spacial score (nSPS) is 14.6. The Balaban J connectivity index is 1.71. The van der Waals surface area contributed by atoms with Gasteiger partial charge in [-0.2, -0.15) is 5.10 Å². The zero-order valence-corrected chi connectivity index (χ0v) is 19.2. The van der Waals surface area contributed by atoms with Crippen LogP contribution in [0.4, 0.5) is 17.1 Å². The molecule has 0 bridgehead atoms. The summed E-state index contributed by atoms with van der Waals surface area (Å²) in [5.74, 6) is 0.0791. The topological polar surface area (TPSA) is 155 Å². The van der Waals surface area contributed by atoms with Crippen molar-refractivity contribution in [2.75, 3.05) is 19.6 Å². The van der Waals surface area contributed by atoms with Crippen LogP contribution in [0.5, 0.6) is 11.5 Å². The molecule has 1 unspecified atom stereocenters. The highest BCUT2D eigenvalue weighted by molar-refractivity contribution is 6.03. The van der Waals surface area contributed by atoms with Crippen molar-refractivity contribution in [1.82, 2.24) is 0 Å². The number of benzene rings is 3. The van der Waals surface area contributed by atoms with E-state index in [1.165, 1.54) is 20.3 Å². The number of hydrazone groups is 1. The molecule has 0 radical (unpaired) electrons. The molecule has 4 rings (SSSR count). The molecular formula is C24H20N4O8. The molecule has 0 spiro atoms. The molecular weight excluding hydrogens is 472 g/mol. The minimum absolute atomic E-state index is 0.0331. The molecule has 1 heterocycles. The lowest BCUT2D eigenvalue weighted by Gasteiger charge is -2.14. The predicted molar refractivity (Wildman–Crippen MR) is 129 cm³/mol. The second kappa shape index (κ2) is 10.1. The van der Waals surface area contributed by atoms with Crippen molar-refractivity contribution in [1.29, 1.82) is 0 Å². The average molecular weight is 492 g/mol. The molecule has 1 aliphatic rings. The maximum Gasteiger partial charge on any atom is 0.343 e. The fourth-order valence-electron chi connectivity index (χ4n) is 3.87. The number of rotatable bonds is 9. The molecule has 0 aromatic heterocycles. The van der Waals surface area contributed by atoms with E-state index in [2.05, 4.69) is 10.5 Å². The van der Waals surface area contributed by atoms with E-state index in [1.807, 2.05) is 6.07 Å². The number of nitrogens with one attached hydrogen (secondary N) is 1. The van der Waals surface area contributed by atoms with Crippen molar-refractivity contribution in [2.45, 2.75) is 12.5 Å². The number of methoxy groups -OCH3 is 2. The van der Waals surface area contributed by atoms with E-state index >= 15 is 0 Å². The van der Waals surface area contributed by atoms with Gasteiger partial charge >= 0.3 is 11.7 Å². The lowest BCUT2D eigenvalue weighted by molar-refractivity contribution is -0.393. The van der Waals surface area contributed by atoms with Crippen LogP contribution in [-0.2, 0) is 4.74 Å². The maximum absolute atomic E-state index is 12.7. The fourth-order valence-corrected chi connectivity index (χ4v) is 3.87. The molecule has 1 atom stereocenters. The Morgan fingerprint density at radius 2 is 1.78 bits per heavy atom. The molecule has 0 saturated carbocycles. The van der Waals surface area contributed by atoms with Gasteiger partial charge in [0.25, 0.3) is 5.69 Å². The summed E-state index contributed by atoms with van der Waals surface area (Å²) in [5, 5.41) is 26.9. The first-order chi connectivity index (χ1) is 17.3. The highest BCUT2D eigenvalue weighted by atomic mass is 16.6. The van der Waals surface area contributed by atoms with Crippen molar-refractivity contribution in [3.8, 4) is 11.5 Å². The number of nitrogens with zero attached hydrogens (tertiary/aromatic N) is 3. The number of hydrogen-bond acceptors (Lipinski definition) is 10. The largest absolute Gasteiger partial charge is 0.493 e. The van der Waals surface area contributed by atoms with E-state index < -0.39 is 33.3 Å². The standard InChI is InChI=1S/C24H20N4O8/c1-34-20-11-9-16-21(36-24(29)22(16)23(20)35-2)13-18(14-6-4-3-5-7-14)26-25-17-10-8-15(27(30)31)12-19(17)28(32)33/h3-12,21,25H,13H2,1-2H3. The number of non-ortho nitro benzene ring substituents is 1. The molecule has 3 aromatic carbocycles. The van der Waals surface area contributed by atoms with E-state index in [4.69, 9.17) is 14.2 Å². The molecule has 1 N–H and O–H groups in total. The van der Waals surface area contributed by atoms with Gasteiger partial charge in [0.1, 0.15) is 17.4 Å². The fraction of sp³-hybridized carbons (Fsp3) is 0.167. The van der Waals surface area contributed by atoms with Crippen LogP contribution in [0.3, 0.4) is 0 Å². The number of hydrogen-bond donors (Lipinski definition) is 1. The third-order valence-electron chi connectivity index (χ3n) is 5.56. The summed E-state index contributed by atoms with van der Waals surface area (Å²) in [7, 11) is 2.89. The Morgan fingerprint density at radius 3 is 2.42 bits per heavy atom. The zero-order valence-electron chi connectivity index (χ0n) is 19.2. The van der Waals surface area contributed by atoms with Crippen molar-refractivity contribution >= 4 is 28.7 Å². The number of fused-ring (bicyclic) bond motifs is 1. The third-order valence-corrected chi connectivity index (χ3v) is 5.56. The van der Waals surface area contributed by atoms with Gasteiger partial charge in [-0.05, 0) is 17.7 Å². The van der Waals surface area contributed by atoms with Crippen molar-refractivity contribution in [3.63, 3.8) is 0 Å². The molecule has 0 amide bonds. The maximum atomic E-state index is 12.7. The summed E-state index contributed by atoms with van der Waals surface area (Å²) >= 11 is 0. The average Bonchev–Trinajstić information content (AvgIpc) is 3.21. The number of esters is 1. The van der Waals surface area contributed by atoms with Gasteiger partial charge < -0.3 is 14.2 Å². The molecule has 3 aromatic rings. The molecule has 12 heteroatoms. The summed E-state index contributed by atoms with van der Waals surface area (Å²) in [6, 6.07) is 15.6. The van der Waals surface area contributed by atoms with Crippen LogP contribution in [0, 0.1) is 20.2 Å². The van der Waals surface area contributed by atoms with Crippen LogP contribution in [0.25, 0.3) is 0 Å². The molecule has 0 saturated heterocycles. The number of nitro groups is 2. The van der Waals surface area contributed by atoms with Gasteiger partial charge in [0.2, 0.25) is 0 Å². The SMILES string of the molecule is COc1ccc2c(c1OC)C(=O)OC2CC(=NNc1ccc([N+](=O)[O-])cc1[N+](=O)[O-])c1ccccc1. The smallest absolute Gasteiger partial charge is 0.343 e. The first-order valence-electron chi connectivity index (χ1n) is 10.6. The number of ether oxygens (including phenoxy) is 3. The van der Waals surface area contributed by atoms with Crippen molar-refractivity contribution in [3.05, 3.63) is 97.6 Å². The Kier molecular flexibility index (Phi) is 6.77. The Morgan fingerprint density at radius 1 is 1.03 bits per heavy atom. The van der Waals surface area contributed by atoms with Crippen molar-refractivity contribution in [2.24, 2.45) is 5.10 Å². The Bertz CT molecular complexity index is 1370. The summed E-state index contributed by atoms with van der Waals surface area (Å²) < 4.78 is 16.3. The van der Waals surface area contributed by atoms with Crippen LogP contribution in [0.1, 0.15) is 34.0 Å². The van der Waals surface area contributed by atoms with Gasteiger partial charge in [-0.1, -0.05) is 36.4 Å². The van der Waals surface area contributed by atoms with E-state index in [0.717, 1.165) is 12.1 Å². The first-order valence-corrected chi connectivity index (χ1v) is 10.6. The van der Waals surface area contributed by atoms with Gasteiger partial charge in [-0.3, -0.25) is 25.7 Å². The van der Waals surface area contributed by atoms with Crippen LogP contribution in [0.15, 0.2) is 65.8 Å². The molecule has 0 aliphatic carbocycles. The Labute approximate surface area is 204 Å². The van der Waals surface area contributed by atoms with E-state index in [9.17, 15) is 25.0 Å². The van der Waals surface area contributed by atoms with Crippen molar-refractivity contribution < 1.29 is 28.9 Å². The van der Waals surface area contributed by atoms with Crippen LogP contribution < -0.4 is 14.9 Å². The lowest BCUT2D eigenvalue weighted by atomic mass is 9.97. The van der Waals surface area contributed by atoms with Crippen LogP contribution in [0.2, 0.25) is 0 Å². The highest BCUT2D eigenvalue weighted by Crippen LogP contribution is 2.43. The number of carbonyl (C=O) groups is 1. The number of carbonyl (C=O) groups excluding carboxylic acids is 1. The summed E-state index contributed by atoms with van der Waals surface area (Å²) in [5.41, 5.74) is 3.65. The predicted octanol–water partition coefficient (Wildman–Crippen LogP) is 4.64. The summed E-state index contributed by atoms with van der Waals surface area (Å²) in [4.78, 5) is 33.7. The molecule has 0 fully saturated rings. The molecule has 12 nitrogen and oxygen atoms in total. The summed E-state index contributed by atoms with van der Waals surface area (Å²) in [6.07, 6.45) is -0.577. The molecule has 184 valence electrons. The van der Waals surface area contributed by atoms with E-state index in [-0.39, 0.29) is 23.4 Å². The lowest BCUT2D eigenvalue weighted by Crippen LogP contribution is -2.11. The van der Waals surface area contributed by atoms with Gasteiger partial charge in [-0.15, -0.1) is 0 Å². The third kappa shape index (κ3) is 4.64. The Hall–Kier alpha value is -5.00. The first kappa shape index (κ1) is 24.1. The molecule has 36 heavy (non-hydrogen) atoms. The monoisotopic (exact) mass is 492 g/mol. The second-order valence-electron chi connectivity index (χ2n) is 7.62. The van der Waals surface area contributed by atoms with Gasteiger partial charge in [-0.25, -0.2) is 4.79 Å². The minimum atomic E-state index is -0.734. The zero-order chi connectivity index (χ0) is 25.8. The number of nitro benzene ring substituents is 2. The number of cyclic esters (lactones) is 1. The summed E-state index contributed by atoms with van der Waals surface area (Å²) in [6.45, 7) is 0. The second-order valence-corrected chi connectivity index (χ2v) is 7.62. The van der Waals surface area contributed by atoms with Crippen LogP contribution in [-0.4, -0.2) is 35.7 Å². The van der Waals surface area contributed by atoms with Gasteiger partial charge in [0, 0.05) is 18.1 Å². The molecule has 1 aliphatic heterocycles. The van der Waals surface area contributed by atoms with Crippen LogP contribution >= 0.6 is 0 Å².